The summed E-state index contributed by atoms with van der Waals surface area (Å²) in [5, 5.41) is 31.0. The second-order valence-electron chi connectivity index (χ2n) is 24.8. The summed E-state index contributed by atoms with van der Waals surface area (Å²) in [6.45, 7) is 0. The molecule has 4 heterocycles. The number of hydrogen-bond donors (Lipinski definition) is 2. The Morgan fingerprint density at radius 3 is 0.918 bits per heavy atom. The van der Waals surface area contributed by atoms with E-state index < -0.39 is 15.4 Å². The van der Waals surface area contributed by atoms with Gasteiger partial charge in [0.05, 0.1) is 22.1 Å². The Balaban J connectivity index is 0.000000153. The van der Waals surface area contributed by atoms with Crippen LogP contribution in [0.3, 0.4) is 0 Å². The molecule has 0 saturated heterocycles. The zero-order chi connectivity index (χ0) is 75.0. The van der Waals surface area contributed by atoms with Crippen LogP contribution in [0.1, 0.15) is 0 Å². The zero-order valence-corrected chi connectivity index (χ0v) is 72.0. The maximum absolute atomic E-state index is 8.94. The van der Waals surface area contributed by atoms with Gasteiger partial charge < -0.3 is 20.2 Å². The van der Waals surface area contributed by atoms with Crippen LogP contribution in [0.5, 0.6) is 0 Å². The molecule has 18 aromatic rings. The van der Waals surface area contributed by atoms with Gasteiger partial charge in [-0.05, 0) is 94.2 Å². The summed E-state index contributed by atoms with van der Waals surface area (Å²) >= 11 is 6.29. The number of halogens is 1. The first kappa shape index (κ1) is 80.1. The van der Waals surface area contributed by atoms with Crippen molar-refractivity contribution >= 4 is 144 Å². The molecule has 4 aromatic heterocycles. The number of benzene rings is 14. The van der Waals surface area contributed by atoms with Crippen LogP contribution in [0.2, 0.25) is 0 Å². The Morgan fingerprint density at radius 1 is 0.318 bits per heavy atom. The molecule has 0 saturated carbocycles. The largest absolute Gasteiger partial charge is 0.277 e. The maximum atomic E-state index is 8.94. The molecule has 516 valence electrons. The number of nitrogens with zero attached hydrogens (tertiary/aromatic N) is 8. The summed E-state index contributed by atoms with van der Waals surface area (Å²) in [6, 6.07) is 124. The second kappa shape index (κ2) is 39.0. The van der Waals surface area contributed by atoms with E-state index in [0.717, 1.165) is 104 Å². The van der Waals surface area contributed by atoms with Gasteiger partial charge in [-0.25, -0.2) is 14.6 Å². The molecule has 0 amide bonds. The molecular formula is C90H62BBrK3N8O6P. The quantitative estimate of drug-likeness (QED) is 0.0480. The number of fused-ring (bicyclic) bond motifs is 6. The third-order valence-electron chi connectivity index (χ3n) is 18.2. The van der Waals surface area contributed by atoms with E-state index in [9.17, 15) is 0 Å². The van der Waals surface area contributed by atoms with Gasteiger partial charge in [-0.2, -0.15) is 19.9 Å². The molecule has 20 heteroatoms. The van der Waals surface area contributed by atoms with Crippen LogP contribution in [0.15, 0.2) is 368 Å². The summed E-state index contributed by atoms with van der Waals surface area (Å²) in [5.41, 5.74) is 19.9. The minimum absolute atomic E-state index is 0. The van der Waals surface area contributed by atoms with Crippen molar-refractivity contribution in [1.82, 2.24) is 39.0 Å². The van der Waals surface area contributed by atoms with Crippen LogP contribution in [0.4, 0.5) is 0 Å². The van der Waals surface area contributed by atoms with Gasteiger partial charge in [0.2, 0.25) is 11.9 Å². The summed E-state index contributed by atoms with van der Waals surface area (Å²) in [5.74, 6) is 3.68. The van der Waals surface area contributed by atoms with E-state index in [-0.39, 0.29) is 51.4 Å². The van der Waals surface area contributed by atoms with E-state index in [1.54, 1.807) is 12.1 Å². The first-order chi connectivity index (χ1) is 53.6. The Labute approximate surface area is 733 Å². The van der Waals surface area contributed by atoms with Crippen molar-refractivity contribution in [1.29, 1.82) is 0 Å². The van der Waals surface area contributed by atoms with Crippen LogP contribution >= 0.6 is 24.2 Å². The second-order valence-corrected chi connectivity index (χ2v) is 26.3. The number of hydrogen-bond acceptors (Lipinski definition) is 12. The fraction of sp³-hybridized carbons (Fsp3) is 0. The van der Waals surface area contributed by atoms with Crippen molar-refractivity contribution in [2.75, 3.05) is 0 Å². The third-order valence-corrected chi connectivity index (χ3v) is 19.0. The van der Waals surface area contributed by atoms with Crippen LogP contribution in [0, 0.1) is 0 Å². The maximum Gasteiger partial charge on any atom is 0.238 e. The SMILES string of the molecule is Brc1cccc2c3ccccc3n(-c3nc(-c4ccccc4)nc(-c4ccc(-c5ccccc5)cc4)n3)c12.O=[P+]([O-])O[O-].OB(O)c1ccc(-c2ccccc2)cc1.[K+].[K][K].c1ccc(-c2ccc(-c3nc(-c4ccccc4)nc(-n4c5ccccc5c5cccc(-c6ccc(-c7ccccc7)cc6)c54)n3)cc2)cc1. The van der Waals surface area contributed by atoms with Gasteiger partial charge in [-0.15, -0.1) is 0 Å². The molecule has 14 nitrogen and oxygen atoms in total. The molecule has 0 aliphatic rings. The summed E-state index contributed by atoms with van der Waals surface area (Å²) in [4.78, 5) is 39.2. The van der Waals surface area contributed by atoms with Crippen molar-refractivity contribution < 1.29 is 80.8 Å². The van der Waals surface area contributed by atoms with E-state index >= 15 is 0 Å². The van der Waals surface area contributed by atoms with Crippen molar-refractivity contribution in [3.63, 3.8) is 0 Å². The fourth-order valence-corrected chi connectivity index (χ4v) is 13.6. The summed E-state index contributed by atoms with van der Waals surface area (Å²) < 4.78 is 16.7. The number of para-hydroxylation sites is 4. The van der Waals surface area contributed by atoms with Gasteiger partial charge in [0.25, 0.3) is 0 Å². The molecule has 0 radical (unpaired) electrons. The van der Waals surface area contributed by atoms with Gasteiger partial charge in [0.15, 0.2) is 23.3 Å². The Hall–Kier alpha value is -7.95. The first-order valence-electron chi connectivity index (χ1n) is 35.4. The zero-order valence-electron chi connectivity index (χ0n) is 60.1. The molecular weight excluding hydrogens is 1530 g/mol. The van der Waals surface area contributed by atoms with Crippen molar-refractivity contribution in [2.45, 2.75) is 0 Å². The average molecular weight is 1590 g/mol. The van der Waals surface area contributed by atoms with Crippen molar-refractivity contribution in [3.05, 3.63) is 368 Å². The van der Waals surface area contributed by atoms with Gasteiger partial charge in [0.1, 0.15) is 0 Å². The third kappa shape index (κ3) is 18.9. The number of rotatable bonds is 13. The Morgan fingerprint density at radius 2 is 0.573 bits per heavy atom. The summed E-state index contributed by atoms with van der Waals surface area (Å²) in [7, 11) is -4.55. The molecule has 0 spiro atoms. The molecule has 1 unspecified atom stereocenters. The Bertz CT molecular complexity index is 6120. The van der Waals surface area contributed by atoms with E-state index in [4.69, 9.17) is 54.7 Å². The van der Waals surface area contributed by atoms with Gasteiger partial charge >= 0.3 is 130 Å². The van der Waals surface area contributed by atoms with Gasteiger partial charge in [-0.1, -0.05) is 346 Å². The van der Waals surface area contributed by atoms with E-state index in [2.05, 4.69) is 254 Å². The van der Waals surface area contributed by atoms with Crippen LogP contribution in [-0.2, 0) is 9.24 Å². The predicted molar refractivity (Wildman–Crippen MR) is 441 cm³/mol. The van der Waals surface area contributed by atoms with Crippen molar-refractivity contribution in [3.8, 4) is 113 Å². The smallest absolute Gasteiger partial charge is 0.238 e. The molecule has 1 atom stereocenters. The molecule has 14 aromatic carbocycles. The Kier molecular flexibility index (Phi) is 28.4. The fourth-order valence-electron chi connectivity index (χ4n) is 13.1. The minimum atomic E-state index is -3.15. The molecule has 0 bridgehead atoms. The molecule has 0 fully saturated rings. The monoisotopic (exact) mass is 1590 g/mol. The standard InChI is InChI=1S/C45H30N4.C33H21BrN4.C12H11BO2.3K.HO4P/c1-4-13-31(14-5-1)33-23-27-35(28-24-33)38-20-12-21-40-39-19-10-11-22-41(39)49(42(38)40)45-47-43(36-17-8-3-9-18-36)46-44(48-45)37-29-25-34(26-30-37)32-15-6-2-7-16-32;34-28-16-9-15-27-26-14-7-8-17-29(26)38(30(27)28)33-36-31(24-12-5-2-6-13-24)35-32(37-33)25-20-18-23(19-21-25)22-10-3-1-4-11-22;14-13(15)12-8-6-11(7-9-12)10-4-2-1-3-5-10;;;;1-4-5(2)3/h1-30H;1-21H;1-9,14-15H;;;;1H/q;;;;;+1;/p-1. The number of aromatic nitrogens is 8. The minimum Gasteiger partial charge on any atom is -0.277 e. The van der Waals surface area contributed by atoms with E-state index in [0.29, 0.717) is 40.7 Å². The van der Waals surface area contributed by atoms with Crippen LogP contribution in [0.25, 0.3) is 157 Å². The molecule has 18 rings (SSSR count). The average Bonchev–Trinajstić information content (AvgIpc) is 1.58. The van der Waals surface area contributed by atoms with Gasteiger partial charge in [0, 0.05) is 53.8 Å². The van der Waals surface area contributed by atoms with E-state index in [1.807, 2.05) is 127 Å². The molecule has 110 heavy (non-hydrogen) atoms. The predicted octanol–water partition coefficient (Wildman–Crippen LogP) is 15.6. The normalized spacial score (nSPS) is 10.9. The van der Waals surface area contributed by atoms with E-state index in [1.165, 1.54) is 85.4 Å². The van der Waals surface area contributed by atoms with Crippen LogP contribution in [-0.4, -0.2) is 119 Å². The molecule has 0 aliphatic heterocycles. The first-order valence-corrected chi connectivity index (χ1v) is 53.3. The molecule has 0 aliphatic carbocycles. The van der Waals surface area contributed by atoms with Crippen LogP contribution < -0.4 is 67.0 Å². The topological polar surface area (TPSA) is 200 Å². The summed E-state index contributed by atoms with van der Waals surface area (Å²) in [6.07, 6.45) is 0. The van der Waals surface area contributed by atoms with Gasteiger partial charge in [-0.3, -0.25) is 9.13 Å². The molecule has 2 N–H and O–H groups in total. The van der Waals surface area contributed by atoms with Crippen molar-refractivity contribution in [2.24, 2.45) is 0 Å².